The van der Waals surface area contributed by atoms with Crippen molar-refractivity contribution < 1.29 is 13.2 Å². The molecule has 1 aliphatic rings. The molecule has 5 rings (SSSR count). The fourth-order valence-corrected chi connectivity index (χ4v) is 6.16. The number of aromatic nitrogens is 4. The van der Waals surface area contributed by atoms with Crippen molar-refractivity contribution in [2.45, 2.75) is 34.9 Å². The molecule has 10 heteroatoms. The van der Waals surface area contributed by atoms with E-state index in [1.807, 2.05) is 0 Å². The van der Waals surface area contributed by atoms with Gasteiger partial charge in [-0.15, -0.1) is 23.1 Å². The highest BCUT2D eigenvalue weighted by atomic mass is 32.2. The van der Waals surface area contributed by atoms with Crippen molar-refractivity contribution in [1.29, 1.82) is 0 Å². The summed E-state index contributed by atoms with van der Waals surface area (Å²) in [6, 6.07) is 2.83. The molecule has 4 aromatic rings. The van der Waals surface area contributed by atoms with Crippen LogP contribution in [0.4, 0.5) is 18.9 Å². The first-order valence-corrected chi connectivity index (χ1v) is 10.8. The first-order chi connectivity index (χ1) is 13.8. The maximum Gasteiger partial charge on any atom is 0.417 e. The van der Waals surface area contributed by atoms with Gasteiger partial charge in [0.1, 0.15) is 4.83 Å². The molecule has 0 saturated heterocycles. The van der Waals surface area contributed by atoms with E-state index in [9.17, 15) is 13.2 Å². The summed E-state index contributed by atoms with van der Waals surface area (Å²) < 4.78 is 44.0. The number of thioether (sulfide) groups is 1. The minimum absolute atomic E-state index is 0.00323. The number of aryl methyl sites for hydroxylation is 1. The van der Waals surface area contributed by atoms with Crippen molar-refractivity contribution >= 4 is 50.0 Å². The van der Waals surface area contributed by atoms with E-state index in [2.05, 4.69) is 15.1 Å². The molecule has 0 aliphatic heterocycles. The van der Waals surface area contributed by atoms with Crippen LogP contribution in [0.2, 0.25) is 0 Å². The summed E-state index contributed by atoms with van der Waals surface area (Å²) in [7, 11) is 1.77. The highest BCUT2D eigenvalue weighted by Gasteiger charge is 2.36. The molecule has 0 unspecified atom stereocenters. The van der Waals surface area contributed by atoms with Crippen molar-refractivity contribution in [2.75, 3.05) is 5.73 Å². The Morgan fingerprint density at radius 1 is 1.28 bits per heavy atom. The maximum absolute atomic E-state index is 13.9. The van der Waals surface area contributed by atoms with Crippen LogP contribution in [0.5, 0.6) is 0 Å². The lowest BCUT2D eigenvalue weighted by atomic mass is 10.0. The third-order valence-electron chi connectivity index (χ3n) is 5.07. The third kappa shape index (κ3) is 3.24. The minimum atomic E-state index is -4.53. The Morgan fingerprint density at radius 2 is 2.07 bits per heavy atom. The van der Waals surface area contributed by atoms with Gasteiger partial charge >= 0.3 is 6.18 Å². The number of rotatable bonds is 3. The van der Waals surface area contributed by atoms with Gasteiger partial charge in [0, 0.05) is 41.0 Å². The number of pyridine rings is 2. The van der Waals surface area contributed by atoms with E-state index in [1.165, 1.54) is 17.5 Å². The van der Waals surface area contributed by atoms with E-state index >= 15 is 0 Å². The van der Waals surface area contributed by atoms with Crippen molar-refractivity contribution in [3.63, 3.8) is 0 Å². The standard InChI is InChI=1S/C19H16F3N5S2/c1-27-8-10-5-9(7-24-16(10)26-27)13-6-12(19(20,21)22)14-15(23)18(29-17(14)25-13)28-11-3-2-4-11/h5-8,11H,2-4,23H2,1H3. The van der Waals surface area contributed by atoms with E-state index in [0.29, 0.717) is 21.3 Å². The predicted octanol–water partition coefficient (Wildman–Crippen LogP) is 5.49. The molecule has 150 valence electrons. The molecular weight excluding hydrogens is 419 g/mol. The number of fused-ring (bicyclic) bond motifs is 2. The van der Waals surface area contributed by atoms with Gasteiger partial charge in [-0.05, 0) is 25.0 Å². The quantitative estimate of drug-likeness (QED) is 0.461. The van der Waals surface area contributed by atoms with Crippen LogP contribution < -0.4 is 5.73 Å². The molecule has 2 N–H and O–H groups in total. The zero-order chi connectivity index (χ0) is 20.3. The number of alkyl halides is 3. The van der Waals surface area contributed by atoms with E-state index in [1.54, 1.807) is 35.8 Å². The first kappa shape index (κ1) is 18.7. The summed E-state index contributed by atoms with van der Waals surface area (Å²) in [4.78, 5) is 9.08. The minimum Gasteiger partial charge on any atom is -0.397 e. The molecule has 0 spiro atoms. The van der Waals surface area contributed by atoms with Gasteiger partial charge in [0.25, 0.3) is 0 Å². The number of thiophene rings is 1. The van der Waals surface area contributed by atoms with Crippen LogP contribution in [0.25, 0.3) is 32.5 Å². The second kappa shape index (κ2) is 6.60. The highest BCUT2D eigenvalue weighted by molar-refractivity contribution is 8.02. The molecule has 0 radical (unpaired) electrons. The average molecular weight is 436 g/mol. The van der Waals surface area contributed by atoms with E-state index < -0.39 is 11.7 Å². The highest BCUT2D eigenvalue weighted by Crippen LogP contribution is 2.49. The largest absolute Gasteiger partial charge is 0.417 e. The number of nitrogens with two attached hydrogens (primary N) is 1. The Kier molecular flexibility index (Phi) is 4.25. The molecule has 0 aromatic carbocycles. The molecule has 4 aromatic heterocycles. The van der Waals surface area contributed by atoms with E-state index in [4.69, 9.17) is 5.73 Å². The second-order valence-electron chi connectivity index (χ2n) is 7.15. The monoisotopic (exact) mass is 435 g/mol. The zero-order valence-electron chi connectivity index (χ0n) is 15.3. The second-order valence-corrected chi connectivity index (χ2v) is 9.71. The molecule has 1 fully saturated rings. The van der Waals surface area contributed by atoms with Gasteiger partial charge in [0.15, 0.2) is 5.65 Å². The van der Waals surface area contributed by atoms with Crippen LogP contribution in [0.1, 0.15) is 24.8 Å². The van der Waals surface area contributed by atoms with Gasteiger partial charge < -0.3 is 5.73 Å². The van der Waals surface area contributed by atoms with Crippen molar-refractivity contribution in [3.05, 3.63) is 30.1 Å². The number of halogens is 3. The Labute approximate surface area is 172 Å². The average Bonchev–Trinajstić information content (AvgIpc) is 3.15. The maximum atomic E-state index is 13.9. The topological polar surface area (TPSA) is 69.6 Å². The lowest BCUT2D eigenvalue weighted by Gasteiger charge is -2.23. The SMILES string of the molecule is Cn1cc2cc(-c3cc(C(F)(F)F)c4c(N)c(SC5CCC5)sc4n3)cnc2n1. The lowest BCUT2D eigenvalue weighted by Crippen LogP contribution is -2.12. The Morgan fingerprint density at radius 3 is 2.76 bits per heavy atom. The summed E-state index contributed by atoms with van der Waals surface area (Å²) in [5.41, 5.74) is 6.87. The number of anilines is 1. The van der Waals surface area contributed by atoms with E-state index in [0.717, 1.165) is 34.9 Å². The normalized spacial score (nSPS) is 15.3. The molecule has 0 bridgehead atoms. The Balaban J connectivity index is 1.69. The molecular formula is C19H16F3N5S2. The summed E-state index contributed by atoms with van der Waals surface area (Å²) >= 11 is 2.81. The van der Waals surface area contributed by atoms with Gasteiger partial charge in [-0.25, -0.2) is 9.97 Å². The van der Waals surface area contributed by atoms with Crippen LogP contribution in [0, 0.1) is 0 Å². The number of hydrogen-bond acceptors (Lipinski definition) is 6. The molecule has 0 amide bonds. The molecule has 1 aliphatic carbocycles. The van der Waals surface area contributed by atoms with Gasteiger partial charge in [-0.2, -0.15) is 18.3 Å². The number of nitrogens with zero attached hydrogens (tertiary/aromatic N) is 4. The molecule has 5 nitrogen and oxygen atoms in total. The lowest BCUT2D eigenvalue weighted by molar-refractivity contribution is -0.136. The summed E-state index contributed by atoms with van der Waals surface area (Å²) in [6.45, 7) is 0. The van der Waals surface area contributed by atoms with Gasteiger partial charge in [0.2, 0.25) is 0 Å². The smallest absolute Gasteiger partial charge is 0.397 e. The van der Waals surface area contributed by atoms with Crippen molar-refractivity contribution in [1.82, 2.24) is 19.7 Å². The molecule has 4 heterocycles. The third-order valence-corrected chi connectivity index (χ3v) is 7.74. The fraction of sp³-hybridized carbons (Fsp3) is 0.316. The number of nitrogen functional groups attached to an aromatic ring is 1. The molecule has 0 atom stereocenters. The first-order valence-electron chi connectivity index (χ1n) is 9.06. The summed E-state index contributed by atoms with van der Waals surface area (Å²) in [5.74, 6) is 0. The van der Waals surface area contributed by atoms with Crippen LogP contribution in [0.15, 0.2) is 28.7 Å². The van der Waals surface area contributed by atoms with Crippen LogP contribution in [0.3, 0.4) is 0 Å². The van der Waals surface area contributed by atoms with Crippen molar-refractivity contribution in [3.8, 4) is 11.3 Å². The molecule has 1 saturated carbocycles. The summed E-state index contributed by atoms with van der Waals surface area (Å²) in [5, 5.41) is 5.37. The number of hydrogen-bond donors (Lipinski definition) is 1. The van der Waals surface area contributed by atoms with Crippen molar-refractivity contribution in [2.24, 2.45) is 7.05 Å². The zero-order valence-corrected chi connectivity index (χ0v) is 17.0. The van der Waals surface area contributed by atoms with Crippen LogP contribution in [-0.4, -0.2) is 25.0 Å². The molecule has 29 heavy (non-hydrogen) atoms. The fourth-order valence-electron chi connectivity index (χ4n) is 3.37. The van der Waals surface area contributed by atoms with Gasteiger partial charge in [0.05, 0.1) is 21.2 Å². The van der Waals surface area contributed by atoms with Gasteiger partial charge in [-0.3, -0.25) is 4.68 Å². The van der Waals surface area contributed by atoms with Gasteiger partial charge in [-0.1, -0.05) is 6.42 Å². The predicted molar refractivity (Wildman–Crippen MR) is 110 cm³/mol. The van der Waals surface area contributed by atoms with E-state index in [-0.39, 0.29) is 16.8 Å². The van der Waals surface area contributed by atoms with Crippen LogP contribution >= 0.6 is 23.1 Å². The Hall–Kier alpha value is -2.33. The Bertz CT molecular complexity index is 1240. The van der Waals surface area contributed by atoms with Crippen LogP contribution in [-0.2, 0) is 13.2 Å². The summed E-state index contributed by atoms with van der Waals surface area (Å²) in [6.07, 6.45) is 2.04.